The van der Waals surface area contributed by atoms with Crippen molar-refractivity contribution in [3.05, 3.63) is 65.9 Å². The number of Topliss-reactive ketones (excluding diaryl/α,β-unsaturated/α-hetero) is 1. The van der Waals surface area contributed by atoms with Crippen LogP contribution in [-0.2, 0) is 6.54 Å². The van der Waals surface area contributed by atoms with Crippen LogP contribution in [-0.4, -0.2) is 28.1 Å². The van der Waals surface area contributed by atoms with Crippen molar-refractivity contribution in [3.63, 3.8) is 0 Å². The fourth-order valence-corrected chi connectivity index (χ4v) is 2.32. The van der Waals surface area contributed by atoms with E-state index in [2.05, 4.69) is 25.8 Å². The van der Waals surface area contributed by atoms with Crippen LogP contribution in [0.15, 0.2) is 54.7 Å². The van der Waals surface area contributed by atoms with Crippen molar-refractivity contribution in [3.8, 4) is 5.75 Å². The Morgan fingerprint density at radius 3 is 2.69 bits per heavy atom. The Bertz CT molecular complexity index is 896. The lowest BCUT2D eigenvalue weighted by Gasteiger charge is -2.09. The predicted molar refractivity (Wildman–Crippen MR) is 99.9 cm³/mol. The minimum atomic E-state index is 0.00241. The maximum Gasteiger partial charge on any atom is 0.249 e. The first-order chi connectivity index (χ1) is 12.6. The van der Waals surface area contributed by atoms with Crippen LogP contribution in [0.5, 0.6) is 5.75 Å². The fraction of sp³-hybridized carbons (Fsp3) is 0.158. The lowest BCUT2D eigenvalue weighted by atomic mass is 10.1. The smallest absolute Gasteiger partial charge is 0.249 e. The molecule has 1 aromatic heterocycles. The van der Waals surface area contributed by atoms with Crippen LogP contribution < -0.4 is 15.4 Å². The molecule has 132 valence electrons. The van der Waals surface area contributed by atoms with Gasteiger partial charge in [0.15, 0.2) is 11.6 Å². The summed E-state index contributed by atoms with van der Waals surface area (Å²) < 4.78 is 5.15. The molecule has 2 N–H and O–H groups in total. The van der Waals surface area contributed by atoms with Gasteiger partial charge >= 0.3 is 0 Å². The molecule has 0 unspecified atom stereocenters. The molecule has 7 nitrogen and oxygen atoms in total. The Morgan fingerprint density at radius 2 is 1.96 bits per heavy atom. The van der Waals surface area contributed by atoms with E-state index in [9.17, 15) is 4.79 Å². The third-order valence-electron chi connectivity index (χ3n) is 3.72. The SMILES string of the molecule is COc1ccc(CNc2cnnc(Nc3cccc(C(C)=O)c3)n2)cc1. The molecule has 0 aliphatic rings. The Kier molecular flexibility index (Phi) is 5.38. The van der Waals surface area contributed by atoms with Crippen LogP contribution in [0, 0.1) is 0 Å². The predicted octanol–water partition coefficient (Wildman–Crippen LogP) is 3.44. The van der Waals surface area contributed by atoms with Gasteiger partial charge in [0.25, 0.3) is 0 Å². The maximum absolute atomic E-state index is 11.5. The second-order valence-corrected chi connectivity index (χ2v) is 5.63. The van der Waals surface area contributed by atoms with Gasteiger partial charge in [0.2, 0.25) is 5.95 Å². The largest absolute Gasteiger partial charge is 0.497 e. The number of nitrogens with zero attached hydrogens (tertiary/aromatic N) is 3. The van der Waals surface area contributed by atoms with E-state index in [0.717, 1.165) is 17.0 Å². The topological polar surface area (TPSA) is 89.0 Å². The van der Waals surface area contributed by atoms with E-state index in [1.807, 2.05) is 30.3 Å². The van der Waals surface area contributed by atoms with Gasteiger partial charge in [-0.25, -0.2) is 0 Å². The molecule has 0 saturated carbocycles. The Morgan fingerprint density at radius 1 is 1.15 bits per heavy atom. The summed E-state index contributed by atoms with van der Waals surface area (Å²) in [6.07, 6.45) is 1.56. The van der Waals surface area contributed by atoms with Crippen LogP contribution >= 0.6 is 0 Å². The van der Waals surface area contributed by atoms with E-state index in [-0.39, 0.29) is 5.78 Å². The molecule has 0 spiro atoms. The molecule has 3 rings (SSSR count). The van der Waals surface area contributed by atoms with Crippen molar-refractivity contribution in [2.75, 3.05) is 17.7 Å². The minimum absolute atomic E-state index is 0.00241. The van der Waals surface area contributed by atoms with Crippen LogP contribution in [0.25, 0.3) is 0 Å². The molecule has 0 bridgehead atoms. The Balaban J connectivity index is 1.66. The third-order valence-corrected chi connectivity index (χ3v) is 3.72. The molecule has 26 heavy (non-hydrogen) atoms. The number of ketones is 1. The summed E-state index contributed by atoms with van der Waals surface area (Å²) in [6.45, 7) is 2.13. The molecular formula is C19H19N5O2. The van der Waals surface area contributed by atoms with Crippen molar-refractivity contribution >= 4 is 23.2 Å². The van der Waals surface area contributed by atoms with E-state index >= 15 is 0 Å². The van der Waals surface area contributed by atoms with Crippen molar-refractivity contribution in [1.29, 1.82) is 0 Å². The number of ether oxygens (including phenoxy) is 1. The van der Waals surface area contributed by atoms with Gasteiger partial charge in [-0.3, -0.25) is 4.79 Å². The summed E-state index contributed by atoms with van der Waals surface area (Å²) in [7, 11) is 1.64. The number of aromatic nitrogens is 3. The number of carbonyl (C=O) groups is 1. The summed E-state index contributed by atoms with van der Waals surface area (Å²) in [5.41, 5.74) is 2.44. The molecule has 1 heterocycles. The van der Waals surface area contributed by atoms with Gasteiger partial charge < -0.3 is 15.4 Å². The maximum atomic E-state index is 11.5. The molecule has 0 fully saturated rings. The van der Waals surface area contributed by atoms with Crippen LogP contribution in [0.1, 0.15) is 22.8 Å². The molecular weight excluding hydrogens is 330 g/mol. The van der Waals surface area contributed by atoms with E-state index < -0.39 is 0 Å². The number of methoxy groups -OCH3 is 1. The number of benzene rings is 2. The van der Waals surface area contributed by atoms with Crippen molar-refractivity contribution in [1.82, 2.24) is 15.2 Å². The van der Waals surface area contributed by atoms with E-state index in [1.165, 1.54) is 6.92 Å². The number of hydrogen-bond acceptors (Lipinski definition) is 7. The molecule has 0 saturated heterocycles. The Labute approximate surface area is 151 Å². The van der Waals surface area contributed by atoms with E-state index in [0.29, 0.717) is 23.9 Å². The molecule has 0 radical (unpaired) electrons. The summed E-state index contributed by atoms with van der Waals surface area (Å²) in [5.74, 6) is 1.77. The van der Waals surface area contributed by atoms with Gasteiger partial charge in [-0.1, -0.05) is 24.3 Å². The monoisotopic (exact) mass is 349 g/mol. The Hall–Kier alpha value is -3.48. The van der Waals surface area contributed by atoms with Crippen LogP contribution in [0.2, 0.25) is 0 Å². The number of rotatable bonds is 7. The quantitative estimate of drug-likeness (QED) is 0.632. The molecule has 2 aromatic carbocycles. The first-order valence-electron chi connectivity index (χ1n) is 8.08. The zero-order valence-electron chi connectivity index (χ0n) is 14.6. The fourth-order valence-electron chi connectivity index (χ4n) is 2.32. The molecule has 0 amide bonds. The number of carbonyl (C=O) groups excluding carboxylic acids is 1. The van der Waals surface area contributed by atoms with Gasteiger partial charge in [0.1, 0.15) is 5.75 Å². The highest BCUT2D eigenvalue weighted by Crippen LogP contribution is 2.16. The van der Waals surface area contributed by atoms with Gasteiger partial charge in [0, 0.05) is 17.8 Å². The molecule has 3 aromatic rings. The zero-order chi connectivity index (χ0) is 18.4. The molecule has 0 aliphatic heterocycles. The summed E-state index contributed by atoms with van der Waals surface area (Å²) >= 11 is 0. The highest BCUT2D eigenvalue weighted by atomic mass is 16.5. The average Bonchev–Trinajstić information content (AvgIpc) is 2.67. The molecule has 7 heteroatoms. The number of hydrogen-bond donors (Lipinski definition) is 2. The lowest BCUT2D eigenvalue weighted by molar-refractivity contribution is 0.101. The third kappa shape index (κ3) is 4.54. The lowest BCUT2D eigenvalue weighted by Crippen LogP contribution is -2.06. The van der Waals surface area contributed by atoms with Gasteiger partial charge in [-0.2, -0.15) is 10.1 Å². The van der Waals surface area contributed by atoms with Crippen molar-refractivity contribution in [2.24, 2.45) is 0 Å². The second-order valence-electron chi connectivity index (χ2n) is 5.63. The van der Waals surface area contributed by atoms with E-state index in [1.54, 1.807) is 31.5 Å². The summed E-state index contributed by atoms with van der Waals surface area (Å²) in [6, 6.07) is 14.9. The van der Waals surface area contributed by atoms with Gasteiger partial charge in [-0.15, -0.1) is 5.10 Å². The zero-order valence-corrected chi connectivity index (χ0v) is 14.6. The first kappa shape index (κ1) is 17.3. The highest BCUT2D eigenvalue weighted by molar-refractivity contribution is 5.95. The number of anilines is 3. The van der Waals surface area contributed by atoms with Crippen molar-refractivity contribution < 1.29 is 9.53 Å². The molecule has 0 aliphatic carbocycles. The normalized spacial score (nSPS) is 10.2. The summed E-state index contributed by atoms with van der Waals surface area (Å²) in [4.78, 5) is 15.9. The van der Waals surface area contributed by atoms with Crippen molar-refractivity contribution in [2.45, 2.75) is 13.5 Å². The summed E-state index contributed by atoms with van der Waals surface area (Å²) in [5, 5.41) is 14.2. The molecule has 0 atom stereocenters. The van der Waals surface area contributed by atoms with Crippen LogP contribution in [0.3, 0.4) is 0 Å². The minimum Gasteiger partial charge on any atom is -0.497 e. The van der Waals surface area contributed by atoms with Gasteiger partial charge in [0.05, 0.1) is 13.3 Å². The number of nitrogens with one attached hydrogen (secondary N) is 2. The van der Waals surface area contributed by atoms with E-state index in [4.69, 9.17) is 4.74 Å². The first-order valence-corrected chi connectivity index (χ1v) is 8.08. The standard InChI is InChI=1S/C19H19N5O2/c1-13(25)15-4-3-5-16(10-15)22-19-23-18(12-21-24-19)20-11-14-6-8-17(26-2)9-7-14/h3-10,12H,11H2,1-2H3,(H2,20,22,23,24). The van der Waals surface area contributed by atoms with Gasteiger partial charge in [-0.05, 0) is 36.8 Å². The van der Waals surface area contributed by atoms with Crippen LogP contribution in [0.4, 0.5) is 17.5 Å². The average molecular weight is 349 g/mol. The highest BCUT2D eigenvalue weighted by Gasteiger charge is 2.04. The second kappa shape index (κ2) is 8.06.